The van der Waals surface area contributed by atoms with Crippen LogP contribution in [0.2, 0.25) is 0 Å². The molecule has 104 valence electrons. The lowest BCUT2D eigenvalue weighted by Crippen LogP contribution is -2.42. The molecule has 0 aromatic heterocycles. The van der Waals surface area contributed by atoms with Crippen LogP contribution in [0.1, 0.15) is 43.0 Å². The summed E-state index contributed by atoms with van der Waals surface area (Å²) in [6.07, 6.45) is 4.82. The number of nitrogens with zero attached hydrogens (tertiary/aromatic N) is 1. The maximum atomic E-state index is 12.5. The summed E-state index contributed by atoms with van der Waals surface area (Å²) >= 11 is 3.35. The molecule has 1 aromatic rings. The monoisotopic (exact) mass is 324 g/mol. The lowest BCUT2D eigenvalue weighted by molar-refractivity contribution is 0.0629. The number of anilines is 1. The summed E-state index contributed by atoms with van der Waals surface area (Å²) < 4.78 is 0.831. The molecule has 0 bridgehead atoms. The van der Waals surface area contributed by atoms with Crippen LogP contribution in [-0.2, 0) is 0 Å². The van der Waals surface area contributed by atoms with E-state index in [4.69, 9.17) is 5.73 Å². The Kier molecular flexibility index (Phi) is 4.50. The summed E-state index contributed by atoms with van der Waals surface area (Å²) in [6.45, 7) is 2.24. The first-order valence-corrected chi connectivity index (χ1v) is 7.62. The van der Waals surface area contributed by atoms with E-state index in [2.05, 4.69) is 22.9 Å². The minimum absolute atomic E-state index is 0.0675. The lowest BCUT2D eigenvalue weighted by Gasteiger charge is -2.36. The van der Waals surface area contributed by atoms with Crippen LogP contribution in [0.4, 0.5) is 5.69 Å². The van der Waals surface area contributed by atoms with Gasteiger partial charge in [-0.25, -0.2) is 0 Å². The fourth-order valence-electron chi connectivity index (χ4n) is 2.90. The minimum atomic E-state index is 0.0675. The van der Waals surface area contributed by atoms with E-state index < -0.39 is 0 Å². The molecule has 0 radical (unpaired) electrons. The van der Waals surface area contributed by atoms with Crippen molar-refractivity contribution in [2.45, 2.75) is 38.6 Å². The van der Waals surface area contributed by atoms with Gasteiger partial charge in [-0.05, 0) is 52.9 Å². The van der Waals surface area contributed by atoms with Crippen molar-refractivity contribution in [2.75, 3.05) is 12.8 Å². The van der Waals surface area contributed by atoms with Crippen LogP contribution >= 0.6 is 15.9 Å². The molecule has 19 heavy (non-hydrogen) atoms. The van der Waals surface area contributed by atoms with Gasteiger partial charge in [0, 0.05) is 28.8 Å². The summed E-state index contributed by atoms with van der Waals surface area (Å²) in [5.74, 6) is 0.647. The van der Waals surface area contributed by atoms with Crippen LogP contribution in [0.25, 0.3) is 0 Å². The Hall–Kier alpha value is -1.03. The van der Waals surface area contributed by atoms with E-state index in [1.807, 2.05) is 24.1 Å². The average molecular weight is 325 g/mol. The molecule has 3 nitrogen and oxygen atoms in total. The fourth-order valence-corrected chi connectivity index (χ4v) is 3.15. The summed E-state index contributed by atoms with van der Waals surface area (Å²) in [7, 11) is 1.91. The molecule has 0 spiro atoms. The Morgan fingerprint density at radius 1 is 1.37 bits per heavy atom. The Balaban J connectivity index is 2.15. The Morgan fingerprint density at radius 2 is 2.05 bits per heavy atom. The molecule has 1 saturated carbocycles. The van der Waals surface area contributed by atoms with Gasteiger partial charge in [-0.3, -0.25) is 4.79 Å². The molecule has 0 aliphatic heterocycles. The van der Waals surface area contributed by atoms with E-state index in [-0.39, 0.29) is 5.91 Å². The van der Waals surface area contributed by atoms with Crippen molar-refractivity contribution >= 4 is 27.5 Å². The molecule has 1 fully saturated rings. The first-order valence-electron chi connectivity index (χ1n) is 6.83. The third kappa shape index (κ3) is 3.11. The van der Waals surface area contributed by atoms with E-state index in [9.17, 15) is 4.79 Å². The van der Waals surface area contributed by atoms with Gasteiger partial charge in [0.05, 0.1) is 0 Å². The molecule has 2 unspecified atom stereocenters. The van der Waals surface area contributed by atoms with Crippen LogP contribution in [0, 0.1) is 5.92 Å². The first-order chi connectivity index (χ1) is 9.00. The van der Waals surface area contributed by atoms with E-state index in [0.29, 0.717) is 23.2 Å². The highest BCUT2D eigenvalue weighted by molar-refractivity contribution is 9.10. The third-order valence-corrected chi connectivity index (χ3v) is 4.85. The quantitative estimate of drug-likeness (QED) is 0.843. The summed E-state index contributed by atoms with van der Waals surface area (Å²) in [5, 5.41) is 0. The summed E-state index contributed by atoms with van der Waals surface area (Å²) in [6, 6.07) is 5.76. The third-order valence-electron chi connectivity index (χ3n) is 4.13. The van der Waals surface area contributed by atoms with E-state index >= 15 is 0 Å². The Labute approximate surface area is 123 Å². The van der Waals surface area contributed by atoms with Gasteiger partial charge in [-0.2, -0.15) is 0 Å². The van der Waals surface area contributed by atoms with Crippen molar-refractivity contribution in [3.8, 4) is 0 Å². The predicted octanol–water partition coefficient (Wildman–Crippen LogP) is 3.68. The second kappa shape index (κ2) is 5.95. The van der Waals surface area contributed by atoms with Gasteiger partial charge in [-0.15, -0.1) is 0 Å². The molecular formula is C15H21BrN2O. The van der Waals surface area contributed by atoms with E-state index in [0.717, 1.165) is 10.9 Å². The number of hydrogen-bond acceptors (Lipinski definition) is 2. The molecule has 2 rings (SSSR count). The number of halogens is 1. The molecule has 2 atom stereocenters. The van der Waals surface area contributed by atoms with Gasteiger partial charge in [0.1, 0.15) is 0 Å². The Morgan fingerprint density at radius 3 is 2.68 bits per heavy atom. The van der Waals surface area contributed by atoms with Gasteiger partial charge in [0.2, 0.25) is 0 Å². The molecule has 4 heteroatoms. The normalized spacial score (nSPS) is 23.1. The predicted molar refractivity (Wildman–Crippen MR) is 82.1 cm³/mol. The number of nitrogens with two attached hydrogens (primary N) is 1. The van der Waals surface area contributed by atoms with Crippen LogP contribution in [0.3, 0.4) is 0 Å². The van der Waals surface area contributed by atoms with E-state index in [1.165, 1.54) is 19.3 Å². The number of hydrogen-bond donors (Lipinski definition) is 1. The molecule has 0 saturated heterocycles. The van der Waals surface area contributed by atoms with Crippen LogP contribution in [0.15, 0.2) is 22.7 Å². The second-order valence-corrected chi connectivity index (χ2v) is 6.34. The zero-order valence-corrected chi connectivity index (χ0v) is 13.1. The van der Waals surface area contributed by atoms with Gasteiger partial charge in [0.25, 0.3) is 5.91 Å². The largest absolute Gasteiger partial charge is 0.398 e. The van der Waals surface area contributed by atoms with Gasteiger partial charge in [-0.1, -0.05) is 19.8 Å². The number of carbonyl (C=O) groups is 1. The van der Waals surface area contributed by atoms with Crippen molar-refractivity contribution in [2.24, 2.45) is 5.92 Å². The van der Waals surface area contributed by atoms with Crippen molar-refractivity contribution in [1.82, 2.24) is 4.90 Å². The van der Waals surface area contributed by atoms with Gasteiger partial charge < -0.3 is 10.6 Å². The summed E-state index contributed by atoms with van der Waals surface area (Å²) in [5.41, 5.74) is 7.12. The fraction of sp³-hybridized carbons (Fsp3) is 0.533. The first kappa shape index (κ1) is 14.4. The zero-order valence-electron chi connectivity index (χ0n) is 11.5. The smallest absolute Gasteiger partial charge is 0.253 e. The summed E-state index contributed by atoms with van der Waals surface area (Å²) in [4.78, 5) is 14.4. The number of nitrogen functional groups attached to an aromatic ring is 1. The molecule has 1 amide bonds. The number of rotatable bonds is 2. The maximum absolute atomic E-state index is 12.5. The molecular weight excluding hydrogens is 304 g/mol. The number of carbonyl (C=O) groups excluding carboxylic acids is 1. The maximum Gasteiger partial charge on any atom is 0.253 e. The van der Waals surface area contributed by atoms with Crippen LogP contribution < -0.4 is 5.73 Å². The second-order valence-electron chi connectivity index (χ2n) is 5.48. The topological polar surface area (TPSA) is 46.3 Å². The number of benzene rings is 1. The Bertz CT molecular complexity index is 475. The van der Waals surface area contributed by atoms with Crippen molar-refractivity contribution in [3.63, 3.8) is 0 Å². The highest BCUT2D eigenvalue weighted by Crippen LogP contribution is 2.29. The standard InChI is InChI=1S/C15H21BrN2O/c1-10-5-3-4-6-14(10)18(2)15(19)11-7-8-12(16)13(17)9-11/h7-10,14H,3-6,17H2,1-2H3. The molecule has 1 aliphatic rings. The highest BCUT2D eigenvalue weighted by atomic mass is 79.9. The van der Waals surface area contributed by atoms with Crippen LogP contribution in [-0.4, -0.2) is 23.9 Å². The molecule has 0 heterocycles. The molecule has 1 aliphatic carbocycles. The molecule has 1 aromatic carbocycles. The van der Waals surface area contributed by atoms with Crippen LogP contribution in [0.5, 0.6) is 0 Å². The number of amides is 1. The van der Waals surface area contributed by atoms with Crippen molar-refractivity contribution in [1.29, 1.82) is 0 Å². The van der Waals surface area contributed by atoms with E-state index in [1.54, 1.807) is 6.07 Å². The molecule has 2 N–H and O–H groups in total. The SMILES string of the molecule is CC1CCCCC1N(C)C(=O)c1ccc(Br)c(N)c1. The van der Waals surface area contributed by atoms with Gasteiger partial charge >= 0.3 is 0 Å². The highest BCUT2D eigenvalue weighted by Gasteiger charge is 2.28. The minimum Gasteiger partial charge on any atom is -0.398 e. The van der Waals surface area contributed by atoms with Gasteiger partial charge in [0.15, 0.2) is 0 Å². The van der Waals surface area contributed by atoms with Crippen molar-refractivity contribution in [3.05, 3.63) is 28.2 Å². The lowest BCUT2D eigenvalue weighted by atomic mass is 9.85. The van der Waals surface area contributed by atoms with Crippen molar-refractivity contribution < 1.29 is 4.79 Å². The average Bonchev–Trinajstić information content (AvgIpc) is 2.41. The zero-order chi connectivity index (χ0) is 14.0.